The summed E-state index contributed by atoms with van der Waals surface area (Å²) in [5, 5.41) is 21.3. The Labute approximate surface area is 94.3 Å². The number of aromatic nitrogens is 4. The molecule has 0 saturated carbocycles. The van der Waals surface area contributed by atoms with Crippen molar-refractivity contribution in [2.45, 2.75) is 6.54 Å². The lowest BCUT2D eigenvalue weighted by Gasteiger charge is -1.97. The van der Waals surface area contributed by atoms with Crippen LogP contribution in [-0.2, 0) is 11.3 Å². The Morgan fingerprint density at radius 3 is 3.12 bits per heavy atom. The molecule has 0 aliphatic rings. The maximum atomic E-state index is 10.6. The van der Waals surface area contributed by atoms with E-state index in [-0.39, 0.29) is 6.54 Å². The molecule has 0 fully saturated rings. The highest BCUT2D eigenvalue weighted by Crippen LogP contribution is 2.28. The number of thiophene rings is 1. The number of methoxy groups -OCH3 is 1. The minimum Gasteiger partial charge on any atom is -0.496 e. The van der Waals surface area contributed by atoms with Gasteiger partial charge in [-0.15, -0.1) is 16.4 Å². The first-order valence-corrected chi connectivity index (χ1v) is 5.19. The molecule has 7 nitrogen and oxygen atoms in total. The van der Waals surface area contributed by atoms with Crippen molar-refractivity contribution in [3.8, 4) is 16.5 Å². The molecule has 84 valence electrons. The van der Waals surface area contributed by atoms with Crippen molar-refractivity contribution in [2.24, 2.45) is 0 Å². The fourth-order valence-electron chi connectivity index (χ4n) is 1.16. The standard InChI is InChI=1S/C8H8N4O3S/c1-15-5-2-6(16-4-5)8-9-10-11-12(8)3-7(13)14/h2,4H,3H2,1H3,(H,13,14). The fraction of sp³-hybridized carbons (Fsp3) is 0.250. The van der Waals surface area contributed by atoms with Crippen molar-refractivity contribution in [3.63, 3.8) is 0 Å². The number of hydrogen-bond acceptors (Lipinski definition) is 6. The van der Waals surface area contributed by atoms with Crippen LogP contribution in [0.25, 0.3) is 10.7 Å². The molecule has 0 saturated heterocycles. The van der Waals surface area contributed by atoms with E-state index in [1.165, 1.54) is 16.0 Å². The highest BCUT2D eigenvalue weighted by atomic mass is 32.1. The smallest absolute Gasteiger partial charge is 0.325 e. The summed E-state index contributed by atoms with van der Waals surface area (Å²) in [7, 11) is 1.56. The third-order valence-corrected chi connectivity index (χ3v) is 2.75. The van der Waals surface area contributed by atoms with Crippen LogP contribution in [-0.4, -0.2) is 38.4 Å². The quantitative estimate of drug-likeness (QED) is 0.836. The molecule has 2 aromatic rings. The predicted octanol–water partition coefficient (Wildman–Crippen LogP) is 0.495. The summed E-state index contributed by atoms with van der Waals surface area (Å²) in [6, 6.07) is 1.76. The van der Waals surface area contributed by atoms with Crippen molar-refractivity contribution < 1.29 is 14.6 Å². The lowest BCUT2D eigenvalue weighted by molar-refractivity contribution is -0.137. The Morgan fingerprint density at radius 2 is 2.50 bits per heavy atom. The topological polar surface area (TPSA) is 90.1 Å². The minimum absolute atomic E-state index is 0.261. The van der Waals surface area contributed by atoms with Crippen molar-refractivity contribution in [1.29, 1.82) is 0 Å². The Hall–Kier alpha value is -1.96. The first-order valence-electron chi connectivity index (χ1n) is 4.31. The largest absolute Gasteiger partial charge is 0.496 e. The maximum Gasteiger partial charge on any atom is 0.325 e. The van der Waals surface area contributed by atoms with Gasteiger partial charge >= 0.3 is 5.97 Å². The lowest BCUT2D eigenvalue weighted by Crippen LogP contribution is -2.11. The average Bonchev–Trinajstić information content (AvgIpc) is 2.84. The molecular weight excluding hydrogens is 232 g/mol. The van der Waals surface area contributed by atoms with E-state index in [0.29, 0.717) is 11.6 Å². The molecule has 2 aromatic heterocycles. The molecule has 1 N–H and O–H groups in total. The van der Waals surface area contributed by atoms with Gasteiger partial charge in [0.2, 0.25) is 0 Å². The van der Waals surface area contributed by atoms with E-state index < -0.39 is 5.97 Å². The zero-order valence-corrected chi connectivity index (χ0v) is 9.14. The monoisotopic (exact) mass is 240 g/mol. The predicted molar refractivity (Wildman–Crippen MR) is 55.3 cm³/mol. The molecule has 8 heteroatoms. The first-order chi connectivity index (χ1) is 7.70. The van der Waals surface area contributed by atoms with E-state index in [1.807, 2.05) is 0 Å². The van der Waals surface area contributed by atoms with Gasteiger partial charge in [-0.3, -0.25) is 4.79 Å². The van der Waals surface area contributed by atoms with Crippen LogP contribution in [0.5, 0.6) is 5.75 Å². The van der Waals surface area contributed by atoms with Gasteiger partial charge in [-0.05, 0) is 10.4 Å². The van der Waals surface area contributed by atoms with Crippen LogP contribution in [0.15, 0.2) is 11.4 Å². The zero-order valence-electron chi connectivity index (χ0n) is 8.32. The molecule has 0 aliphatic heterocycles. The minimum atomic E-state index is -0.989. The van der Waals surface area contributed by atoms with Gasteiger partial charge in [-0.1, -0.05) is 0 Å². The Balaban J connectivity index is 2.32. The zero-order chi connectivity index (χ0) is 11.5. The van der Waals surface area contributed by atoms with Gasteiger partial charge < -0.3 is 9.84 Å². The second-order valence-corrected chi connectivity index (χ2v) is 3.82. The van der Waals surface area contributed by atoms with E-state index in [0.717, 1.165) is 4.88 Å². The normalized spacial score (nSPS) is 10.3. The third-order valence-electron chi connectivity index (χ3n) is 1.85. The summed E-state index contributed by atoms with van der Waals surface area (Å²) in [5.74, 6) is 0.137. The highest BCUT2D eigenvalue weighted by Gasteiger charge is 2.13. The van der Waals surface area contributed by atoms with Crippen LogP contribution in [0.1, 0.15) is 0 Å². The summed E-state index contributed by atoms with van der Waals surface area (Å²) in [4.78, 5) is 11.3. The number of ether oxygens (including phenoxy) is 1. The number of carboxylic acid groups (broad SMARTS) is 1. The van der Waals surface area contributed by atoms with Crippen molar-refractivity contribution in [1.82, 2.24) is 20.2 Å². The van der Waals surface area contributed by atoms with Crippen LogP contribution in [0.4, 0.5) is 0 Å². The number of carboxylic acids is 1. The molecule has 0 radical (unpaired) electrons. The van der Waals surface area contributed by atoms with Gasteiger partial charge in [0, 0.05) is 11.4 Å². The van der Waals surface area contributed by atoms with Crippen LogP contribution < -0.4 is 4.74 Å². The van der Waals surface area contributed by atoms with Crippen LogP contribution in [0, 0.1) is 0 Å². The summed E-state index contributed by atoms with van der Waals surface area (Å²) in [6.45, 7) is -0.261. The van der Waals surface area contributed by atoms with Crippen LogP contribution >= 0.6 is 11.3 Å². The summed E-state index contributed by atoms with van der Waals surface area (Å²) >= 11 is 1.39. The van der Waals surface area contributed by atoms with Crippen molar-refractivity contribution >= 4 is 17.3 Å². The van der Waals surface area contributed by atoms with Gasteiger partial charge in [0.1, 0.15) is 12.3 Å². The second kappa shape index (κ2) is 4.27. The summed E-state index contributed by atoms with van der Waals surface area (Å²) in [5.41, 5.74) is 0. The molecule has 0 amide bonds. The number of aliphatic carboxylic acids is 1. The maximum absolute atomic E-state index is 10.6. The number of carbonyl (C=O) groups is 1. The molecule has 0 atom stereocenters. The summed E-state index contributed by atoms with van der Waals surface area (Å²) in [6.07, 6.45) is 0. The van der Waals surface area contributed by atoms with Gasteiger partial charge in [-0.25, -0.2) is 4.68 Å². The van der Waals surface area contributed by atoms with E-state index in [1.54, 1.807) is 18.6 Å². The van der Waals surface area contributed by atoms with Crippen molar-refractivity contribution in [2.75, 3.05) is 7.11 Å². The Morgan fingerprint density at radius 1 is 1.69 bits per heavy atom. The van der Waals surface area contributed by atoms with E-state index in [4.69, 9.17) is 9.84 Å². The van der Waals surface area contributed by atoms with Gasteiger partial charge in [0.15, 0.2) is 5.82 Å². The van der Waals surface area contributed by atoms with Gasteiger partial charge in [0.05, 0.1) is 12.0 Å². The first kappa shape index (κ1) is 10.6. The summed E-state index contributed by atoms with van der Waals surface area (Å²) < 4.78 is 6.26. The average molecular weight is 240 g/mol. The molecule has 0 bridgehead atoms. The molecule has 2 rings (SSSR count). The molecule has 0 aromatic carbocycles. The molecule has 0 aliphatic carbocycles. The highest BCUT2D eigenvalue weighted by molar-refractivity contribution is 7.13. The SMILES string of the molecule is COc1csc(-c2nnnn2CC(=O)O)c1. The molecule has 2 heterocycles. The second-order valence-electron chi connectivity index (χ2n) is 2.90. The number of hydrogen-bond donors (Lipinski definition) is 1. The number of tetrazole rings is 1. The van der Waals surface area contributed by atoms with E-state index in [9.17, 15) is 4.79 Å². The van der Waals surface area contributed by atoms with Gasteiger partial charge in [0.25, 0.3) is 0 Å². The van der Waals surface area contributed by atoms with Gasteiger partial charge in [-0.2, -0.15) is 0 Å². The van der Waals surface area contributed by atoms with E-state index >= 15 is 0 Å². The van der Waals surface area contributed by atoms with Crippen LogP contribution in [0.3, 0.4) is 0 Å². The Kier molecular flexibility index (Phi) is 2.82. The molecule has 0 unspecified atom stereocenters. The Bertz CT molecular complexity index is 507. The number of rotatable bonds is 4. The number of nitrogens with zero attached hydrogens (tertiary/aromatic N) is 4. The molecule has 0 spiro atoms. The fourth-order valence-corrected chi connectivity index (χ4v) is 2.00. The van der Waals surface area contributed by atoms with Crippen molar-refractivity contribution in [3.05, 3.63) is 11.4 Å². The lowest BCUT2D eigenvalue weighted by atomic mass is 10.4. The van der Waals surface area contributed by atoms with E-state index in [2.05, 4.69) is 15.5 Å². The molecule has 16 heavy (non-hydrogen) atoms. The van der Waals surface area contributed by atoms with Crippen LogP contribution in [0.2, 0.25) is 0 Å². The third kappa shape index (κ3) is 2.01. The molecular formula is C8H8N4O3S.